The van der Waals surface area contributed by atoms with Crippen LogP contribution in [0.3, 0.4) is 0 Å². The van der Waals surface area contributed by atoms with Gasteiger partial charge in [-0.25, -0.2) is 4.79 Å². The second kappa shape index (κ2) is 5.68. The largest absolute Gasteiger partial charge is 0.479 e. The van der Waals surface area contributed by atoms with Crippen LogP contribution in [0.25, 0.3) is 0 Å². The number of carboxylic acid groups (broad SMARTS) is 1. The normalized spacial score (nSPS) is 12.2. The van der Waals surface area contributed by atoms with Crippen LogP contribution in [0, 0.1) is 0 Å². The molecule has 0 fully saturated rings. The van der Waals surface area contributed by atoms with Crippen molar-refractivity contribution in [3.8, 4) is 0 Å². The second-order valence-corrected chi connectivity index (χ2v) is 4.38. The van der Waals surface area contributed by atoms with Crippen LogP contribution in [-0.2, 0) is 9.59 Å². The van der Waals surface area contributed by atoms with Gasteiger partial charge in [0.15, 0.2) is 6.04 Å². The Kier molecular flexibility index (Phi) is 4.52. The molecular formula is C12H14ClNO3. The van der Waals surface area contributed by atoms with Crippen LogP contribution in [0.2, 0.25) is 5.02 Å². The highest BCUT2D eigenvalue weighted by atomic mass is 35.5. The maximum Gasteiger partial charge on any atom is 0.331 e. The van der Waals surface area contributed by atoms with Gasteiger partial charge in [-0.2, -0.15) is 0 Å². The number of halogens is 1. The molecule has 1 N–H and O–H groups in total. The zero-order valence-corrected chi connectivity index (χ0v) is 10.4. The lowest BCUT2D eigenvalue weighted by molar-refractivity contribution is -0.147. The fourth-order valence-corrected chi connectivity index (χ4v) is 1.69. The summed E-state index contributed by atoms with van der Waals surface area (Å²) in [5.74, 6) is -1.06. The van der Waals surface area contributed by atoms with Crippen LogP contribution in [0.5, 0.6) is 0 Å². The maximum absolute atomic E-state index is 11.3. The summed E-state index contributed by atoms with van der Waals surface area (Å²) in [6, 6.07) is 5.26. The molecule has 4 nitrogen and oxygen atoms in total. The van der Waals surface area contributed by atoms with Crippen LogP contribution < -0.4 is 0 Å². The fraction of sp³-hybridized carbons (Fsp3) is 0.333. The van der Waals surface area contributed by atoms with E-state index in [2.05, 4.69) is 0 Å². The summed E-state index contributed by atoms with van der Waals surface area (Å²) in [4.78, 5) is 23.5. The average Bonchev–Trinajstić information content (AvgIpc) is 2.26. The molecule has 5 heteroatoms. The van der Waals surface area contributed by atoms with Crippen molar-refractivity contribution < 1.29 is 14.7 Å². The predicted octanol–water partition coefficient (Wildman–Crippen LogP) is 2.33. The van der Waals surface area contributed by atoms with Gasteiger partial charge in [0.2, 0.25) is 6.41 Å². The summed E-state index contributed by atoms with van der Waals surface area (Å²) in [7, 11) is 0. The molecule has 1 rings (SSSR count). The first kappa shape index (κ1) is 13.5. The molecule has 0 heterocycles. The lowest BCUT2D eigenvalue weighted by Crippen LogP contribution is -2.38. The first-order valence-electron chi connectivity index (χ1n) is 5.18. The Morgan fingerprint density at radius 3 is 2.24 bits per heavy atom. The maximum atomic E-state index is 11.3. The van der Waals surface area contributed by atoms with E-state index in [1.807, 2.05) is 0 Å². The van der Waals surface area contributed by atoms with Gasteiger partial charge in [0.25, 0.3) is 0 Å². The van der Waals surface area contributed by atoms with Crippen molar-refractivity contribution in [3.05, 3.63) is 34.9 Å². The van der Waals surface area contributed by atoms with Crippen molar-refractivity contribution in [1.29, 1.82) is 0 Å². The minimum atomic E-state index is -1.06. The quantitative estimate of drug-likeness (QED) is 0.822. The van der Waals surface area contributed by atoms with Crippen LogP contribution in [0.4, 0.5) is 0 Å². The fourth-order valence-electron chi connectivity index (χ4n) is 1.57. The average molecular weight is 256 g/mol. The molecule has 0 aromatic heterocycles. The third-order valence-electron chi connectivity index (χ3n) is 2.44. The number of carboxylic acids is 1. The Morgan fingerprint density at radius 1 is 1.35 bits per heavy atom. The molecule has 1 amide bonds. The number of nitrogens with zero attached hydrogens (tertiary/aromatic N) is 1. The van der Waals surface area contributed by atoms with Crippen molar-refractivity contribution in [2.75, 3.05) is 0 Å². The second-order valence-electron chi connectivity index (χ2n) is 3.94. The van der Waals surface area contributed by atoms with E-state index in [0.717, 1.165) is 0 Å². The standard InChI is InChI=1S/C12H14ClNO3/c1-8(2)14(7-15)11(12(16)17)9-3-5-10(13)6-4-9/h3-8,11H,1-2H3,(H,16,17). The molecule has 0 radical (unpaired) electrons. The molecule has 0 aliphatic heterocycles. The number of carbonyl (C=O) groups is 2. The molecule has 92 valence electrons. The van der Waals surface area contributed by atoms with Crippen LogP contribution >= 0.6 is 11.6 Å². The van der Waals surface area contributed by atoms with Crippen molar-refractivity contribution >= 4 is 24.0 Å². The number of hydrogen-bond acceptors (Lipinski definition) is 2. The van der Waals surface area contributed by atoms with Crippen molar-refractivity contribution in [3.63, 3.8) is 0 Å². The molecule has 0 aliphatic carbocycles. The molecule has 0 saturated carbocycles. The van der Waals surface area contributed by atoms with Gasteiger partial charge in [0, 0.05) is 11.1 Å². The predicted molar refractivity (Wildman–Crippen MR) is 64.9 cm³/mol. The Hall–Kier alpha value is -1.55. The molecule has 1 unspecified atom stereocenters. The Morgan fingerprint density at radius 2 is 1.88 bits per heavy atom. The summed E-state index contributed by atoms with van der Waals surface area (Å²) < 4.78 is 0. The van der Waals surface area contributed by atoms with Crippen molar-refractivity contribution in [2.45, 2.75) is 25.9 Å². The summed E-state index contributed by atoms with van der Waals surface area (Å²) >= 11 is 5.74. The summed E-state index contributed by atoms with van der Waals surface area (Å²) in [6.07, 6.45) is 0.554. The Bertz CT molecular complexity index is 403. The smallest absolute Gasteiger partial charge is 0.331 e. The zero-order valence-electron chi connectivity index (χ0n) is 9.63. The van der Waals surface area contributed by atoms with E-state index in [9.17, 15) is 14.7 Å². The number of carbonyl (C=O) groups excluding carboxylic acids is 1. The molecule has 0 saturated heterocycles. The summed E-state index contributed by atoms with van der Waals surface area (Å²) in [5.41, 5.74) is 0.530. The number of aliphatic carboxylic acids is 1. The molecule has 0 spiro atoms. The van der Waals surface area contributed by atoms with Gasteiger partial charge >= 0.3 is 5.97 Å². The van der Waals surface area contributed by atoms with Crippen LogP contribution in [0.15, 0.2) is 24.3 Å². The van der Waals surface area contributed by atoms with Gasteiger partial charge < -0.3 is 10.0 Å². The van der Waals surface area contributed by atoms with Crippen molar-refractivity contribution in [1.82, 2.24) is 4.90 Å². The van der Waals surface area contributed by atoms with Gasteiger partial charge in [-0.3, -0.25) is 4.79 Å². The number of rotatable bonds is 5. The Labute approximate surface area is 105 Å². The van der Waals surface area contributed by atoms with E-state index in [1.54, 1.807) is 38.1 Å². The van der Waals surface area contributed by atoms with Gasteiger partial charge in [0.05, 0.1) is 0 Å². The van der Waals surface area contributed by atoms with E-state index in [1.165, 1.54) is 4.90 Å². The molecule has 17 heavy (non-hydrogen) atoms. The molecule has 1 aromatic rings. The van der Waals surface area contributed by atoms with Crippen LogP contribution in [0.1, 0.15) is 25.5 Å². The van der Waals surface area contributed by atoms with Crippen molar-refractivity contribution in [2.24, 2.45) is 0 Å². The summed E-state index contributed by atoms with van der Waals surface area (Å²) in [5, 5.41) is 9.74. The first-order chi connectivity index (χ1) is 7.97. The van der Waals surface area contributed by atoms with E-state index >= 15 is 0 Å². The minimum absolute atomic E-state index is 0.190. The molecule has 1 aromatic carbocycles. The third kappa shape index (κ3) is 3.20. The molecule has 1 atom stereocenters. The monoisotopic (exact) mass is 255 g/mol. The first-order valence-corrected chi connectivity index (χ1v) is 5.56. The minimum Gasteiger partial charge on any atom is -0.479 e. The Balaban J connectivity index is 3.12. The van der Waals surface area contributed by atoms with Gasteiger partial charge in [-0.1, -0.05) is 23.7 Å². The lowest BCUT2D eigenvalue weighted by Gasteiger charge is -2.28. The third-order valence-corrected chi connectivity index (χ3v) is 2.69. The van der Waals surface area contributed by atoms with Crippen LogP contribution in [-0.4, -0.2) is 28.4 Å². The molecule has 0 bridgehead atoms. The van der Waals surface area contributed by atoms with E-state index in [4.69, 9.17) is 11.6 Å². The SMILES string of the molecule is CC(C)N(C=O)C(C(=O)O)c1ccc(Cl)cc1. The van der Waals surface area contributed by atoms with E-state index < -0.39 is 12.0 Å². The topological polar surface area (TPSA) is 57.6 Å². The van der Waals surface area contributed by atoms with Gasteiger partial charge in [-0.15, -0.1) is 0 Å². The highest BCUT2D eigenvalue weighted by Crippen LogP contribution is 2.23. The summed E-state index contributed by atoms with van der Waals surface area (Å²) in [6.45, 7) is 3.53. The number of amides is 1. The lowest BCUT2D eigenvalue weighted by atomic mass is 10.0. The zero-order chi connectivity index (χ0) is 13.0. The van der Waals surface area contributed by atoms with E-state index in [-0.39, 0.29) is 6.04 Å². The van der Waals surface area contributed by atoms with Gasteiger partial charge in [-0.05, 0) is 31.5 Å². The highest BCUT2D eigenvalue weighted by Gasteiger charge is 2.28. The number of hydrogen-bond donors (Lipinski definition) is 1. The van der Waals surface area contributed by atoms with E-state index in [0.29, 0.717) is 17.0 Å². The van der Waals surface area contributed by atoms with Gasteiger partial charge in [0.1, 0.15) is 0 Å². The number of benzene rings is 1. The molecule has 0 aliphatic rings. The molecular weight excluding hydrogens is 242 g/mol. The highest BCUT2D eigenvalue weighted by molar-refractivity contribution is 6.30.